The predicted molar refractivity (Wildman–Crippen MR) is 113 cm³/mol. The summed E-state index contributed by atoms with van der Waals surface area (Å²) >= 11 is 0. The SMILES string of the molecule is NNC(=O)N(NC1CCCC1)C(=O)c1cc(-c2ccccc2)nn1-c1ccccc1. The molecule has 8 nitrogen and oxygen atoms in total. The van der Waals surface area contributed by atoms with Crippen LogP contribution in [-0.4, -0.2) is 32.8 Å². The van der Waals surface area contributed by atoms with Crippen molar-refractivity contribution in [3.8, 4) is 16.9 Å². The lowest BCUT2D eigenvalue weighted by molar-refractivity contribution is 0.0688. The number of rotatable bonds is 5. The maximum absolute atomic E-state index is 13.5. The fraction of sp³-hybridized carbons (Fsp3) is 0.227. The van der Waals surface area contributed by atoms with Crippen LogP contribution in [0, 0.1) is 0 Å². The minimum absolute atomic E-state index is 0.0490. The molecule has 3 amide bonds. The average Bonchev–Trinajstić information content (AvgIpc) is 3.48. The first kappa shape index (κ1) is 19.8. The minimum atomic E-state index is -0.714. The molecule has 1 aliphatic carbocycles. The van der Waals surface area contributed by atoms with Crippen molar-refractivity contribution in [2.45, 2.75) is 31.7 Å². The maximum atomic E-state index is 13.5. The van der Waals surface area contributed by atoms with E-state index in [0.717, 1.165) is 41.9 Å². The Morgan fingerprint density at radius 1 is 1.00 bits per heavy atom. The van der Waals surface area contributed by atoms with E-state index in [1.165, 1.54) is 0 Å². The Labute approximate surface area is 174 Å². The first-order valence-corrected chi connectivity index (χ1v) is 9.99. The monoisotopic (exact) mass is 404 g/mol. The van der Waals surface area contributed by atoms with Gasteiger partial charge < -0.3 is 0 Å². The summed E-state index contributed by atoms with van der Waals surface area (Å²) in [6, 6.07) is 20.0. The van der Waals surface area contributed by atoms with Crippen LogP contribution in [0.15, 0.2) is 66.7 Å². The molecular weight excluding hydrogens is 380 g/mol. The molecule has 2 aromatic carbocycles. The van der Waals surface area contributed by atoms with E-state index in [-0.39, 0.29) is 11.7 Å². The van der Waals surface area contributed by atoms with Crippen molar-refractivity contribution in [3.63, 3.8) is 0 Å². The first-order valence-electron chi connectivity index (χ1n) is 9.99. The number of imide groups is 1. The van der Waals surface area contributed by atoms with E-state index in [9.17, 15) is 9.59 Å². The molecule has 0 aliphatic heterocycles. The van der Waals surface area contributed by atoms with Gasteiger partial charge in [-0.15, -0.1) is 0 Å². The van der Waals surface area contributed by atoms with Crippen LogP contribution < -0.4 is 16.7 Å². The van der Waals surface area contributed by atoms with E-state index in [1.807, 2.05) is 60.7 Å². The van der Waals surface area contributed by atoms with Crippen LogP contribution >= 0.6 is 0 Å². The van der Waals surface area contributed by atoms with Gasteiger partial charge in [-0.25, -0.2) is 20.7 Å². The highest BCUT2D eigenvalue weighted by molar-refractivity contribution is 6.03. The van der Waals surface area contributed by atoms with E-state index >= 15 is 0 Å². The van der Waals surface area contributed by atoms with E-state index in [4.69, 9.17) is 5.84 Å². The summed E-state index contributed by atoms with van der Waals surface area (Å²) in [6.45, 7) is 0. The molecule has 30 heavy (non-hydrogen) atoms. The normalized spacial score (nSPS) is 13.9. The Morgan fingerprint density at radius 2 is 1.63 bits per heavy atom. The molecule has 1 heterocycles. The highest BCUT2D eigenvalue weighted by Gasteiger charge is 2.30. The van der Waals surface area contributed by atoms with E-state index in [2.05, 4.69) is 16.0 Å². The summed E-state index contributed by atoms with van der Waals surface area (Å²) in [7, 11) is 0. The van der Waals surface area contributed by atoms with Gasteiger partial charge in [0.2, 0.25) is 0 Å². The van der Waals surface area contributed by atoms with Gasteiger partial charge in [-0.2, -0.15) is 10.1 Å². The molecule has 154 valence electrons. The summed E-state index contributed by atoms with van der Waals surface area (Å²) in [5, 5.41) is 5.61. The summed E-state index contributed by atoms with van der Waals surface area (Å²) in [4.78, 5) is 25.9. The predicted octanol–water partition coefficient (Wildman–Crippen LogP) is 3.01. The fourth-order valence-electron chi connectivity index (χ4n) is 3.68. The summed E-state index contributed by atoms with van der Waals surface area (Å²) in [6.07, 6.45) is 3.91. The third kappa shape index (κ3) is 4.10. The van der Waals surface area contributed by atoms with Crippen molar-refractivity contribution >= 4 is 11.9 Å². The van der Waals surface area contributed by atoms with Crippen LogP contribution in [0.5, 0.6) is 0 Å². The lowest BCUT2D eigenvalue weighted by Crippen LogP contribution is -2.56. The number of aromatic nitrogens is 2. The van der Waals surface area contributed by atoms with Crippen LogP contribution in [0.1, 0.15) is 36.2 Å². The number of hydrogen-bond acceptors (Lipinski definition) is 5. The third-order valence-electron chi connectivity index (χ3n) is 5.20. The molecule has 1 aliphatic rings. The summed E-state index contributed by atoms with van der Waals surface area (Å²) in [5.74, 6) is 4.83. The highest BCUT2D eigenvalue weighted by atomic mass is 16.2. The largest absolute Gasteiger partial charge is 0.353 e. The summed E-state index contributed by atoms with van der Waals surface area (Å²) < 4.78 is 1.55. The molecule has 3 aromatic rings. The smallest absolute Gasteiger partial charge is 0.274 e. The van der Waals surface area contributed by atoms with Crippen LogP contribution in [0.25, 0.3) is 16.9 Å². The van der Waals surface area contributed by atoms with Gasteiger partial charge in [0.1, 0.15) is 5.69 Å². The molecule has 0 radical (unpaired) electrons. The second-order valence-corrected chi connectivity index (χ2v) is 7.23. The zero-order valence-corrected chi connectivity index (χ0v) is 16.5. The van der Waals surface area contributed by atoms with E-state index in [0.29, 0.717) is 5.69 Å². The number of hydrazine groups is 2. The molecular formula is C22H24N6O2. The van der Waals surface area contributed by atoms with Crippen LogP contribution in [0.3, 0.4) is 0 Å². The van der Waals surface area contributed by atoms with Gasteiger partial charge in [0.25, 0.3) is 5.91 Å². The second-order valence-electron chi connectivity index (χ2n) is 7.23. The molecule has 0 unspecified atom stereocenters. The van der Waals surface area contributed by atoms with Crippen molar-refractivity contribution in [3.05, 3.63) is 72.4 Å². The Hall–Kier alpha value is -3.49. The van der Waals surface area contributed by atoms with Crippen LogP contribution in [0.2, 0.25) is 0 Å². The molecule has 8 heteroatoms. The van der Waals surface area contributed by atoms with Gasteiger partial charge in [-0.3, -0.25) is 10.2 Å². The Bertz CT molecular complexity index is 1010. The Balaban J connectivity index is 1.75. The van der Waals surface area contributed by atoms with Gasteiger partial charge in [0.15, 0.2) is 0 Å². The van der Waals surface area contributed by atoms with Crippen molar-refractivity contribution in [1.82, 2.24) is 25.6 Å². The number of carbonyl (C=O) groups excluding carboxylic acids is 2. The summed E-state index contributed by atoms with van der Waals surface area (Å²) in [5.41, 5.74) is 7.59. The highest BCUT2D eigenvalue weighted by Crippen LogP contribution is 2.23. The molecule has 1 aromatic heterocycles. The maximum Gasteiger partial charge on any atom is 0.353 e. The van der Waals surface area contributed by atoms with Gasteiger partial charge in [0.05, 0.1) is 11.4 Å². The number of benzene rings is 2. The van der Waals surface area contributed by atoms with Gasteiger partial charge in [0, 0.05) is 11.6 Å². The molecule has 0 spiro atoms. The lowest BCUT2D eigenvalue weighted by atomic mass is 10.1. The zero-order valence-electron chi connectivity index (χ0n) is 16.5. The topological polar surface area (TPSA) is 105 Å². The number of hydrogen-bond donors (Lipinski definition) is 3. The fourth-order valence-corrected chi connectivity index (χ4v) is 3.68. The number of nitrogens with zero attached hydrogens (tertiary/aromatic N) is 3. The van der Waals surface area contributed by atoms with Crippen molar-refractivity contribution < 1.29 is 9.59 Å². The number of carbonyl (C=O) groups is 2. The number of para-hydroxylation sites is 1. The van der Waals surface area contributed by atoms with Gasteiger partial charge >= 0.3 is 6.03 Å². The Kier molecular flexibility index (Phi) is 5.87. The standard InChI is InChI=1S/C22H24N6O2/c23-24-22(30)28(25-17-11-7-8-12-17)21(29)20-15-19(16-9-3-1-4-10-16)26-27(20)18-13-5-2-6-14-18/h1-6,9-10,13-15,17,25H,7-8,11-12,23H2,(H,24,30). The molecule has 4 N–H and O–H groups in total. The van der Waals surface area contributed by atoms with Crippen molar-refractivity contribution in [1.29, 1.82) is 0 Å². The minimum Gasteiger partial charge on any atom is -0.274 e. The van der Waals surface area contributed by atoms with Crippen LogP contribution in [0.4, 0.5) is 4.79 Å². The molecule has 0 atom stereocenters. The van der Waals surface area contributed by atoms with Gasteiger partial charge in [-0.05, 0) is 31.0 Å². The first-order chi connectivity index (χ1) is 14.7. The average molecular weight is 404 g/mol. The number of nitrogens with one attached hydrogen (secondary N) is 2. The molecule has 1 fully saturated rings. The van der Waals surface area contributed by atoms with Crippen molar-refractivity contribution in [2.24, 2.45) is 5.84 Å². The Morgan fingerprint density at radius 3 is 2.27 bits per heavy atom. The number of urea groups is 1. The third-order valence-corrected chi connectivity index (χ3v) is 5.20. The molecule has 0 bridgehead atoms. The molecule has 1 saturated carbocycles. The van der Waals surface area contributed by atoms with Gasteiger partial charge in [-0.1, -0.05) is 61.4 Å². The molecule has 0 saturated heterocycles. The molecule has 4 rings (SSSR count). The second kappa shape index (κ2) is 8.89. The van der Waals surface area contributed by atoms with E-state index < -0.39 is 11.9 Å². The lowest BCUT2D eigenvalue weighted by Gasteiger charge is -2.24. The van der Waals surface area contributed by atoms with E-state index in [1.54, 1.807) is 10.7 Å². The van der Waals surface area contributed by atoms with Crippen LogP contribution in [-0.2, 0) is 0 Å². The number of amides is 3. The zero-order chi connectivity index (χ0) is 20.9. The number of nitrogens with two attached hydrogens (primary N) is 1. The van der Waals surface area contributed by atoms with Crippen molar-refractivity contribution in [2.75, 3.05) is 0 Å². The quantitative estimate of drug-likeness (QED) is 0.344.